The van der Waals surface area contributed by atoms with Crippen LogP contribution >= 0.6 is 0 Å². The molecule has 81 heavy (non-hydrogen) atoms. The van der Waals surface area contributed by atoms with Gasteiger partial charge in [-0.3, -0.25) is 0 Å². The Morgan fingerprint density at radius 2 is 0.457 bits per heavy atom. The molecule has 16 heteroatoms. The summed E-state index contributed by atoms with van der Waals surface area (Å²) in [6.45, 7) is 1.43. The third kappa shape index (κ3) is 13.1. The molecule has 1 N–H and O–H groups in total. The summed E-state index contributed by atoms with van der Waals surface area (Å²) < 4.78 is 65.3. The van der Waals surface area contributed by atoms with E-state index < -0.39 is 51.6 Å². The molecule has 0 unspecified atom stereocenters. The highest BCUT2D eigenvalue weighted by Crippen LogP contribution is 2.31. The van der Waals surface area contributed by atoms with E-state index >= 15 is 0 Å². The lowest BCUT2D eigenvalue weighted by Gasteiger charge is -2.49. The van der Waals surface area contributed by atoms with Crippen LogP contribution in [0.3, 0.4) is 0 Å². The van der Waals surface area contributed by atoms with Gasteiger partial charge in [0.15, 0.2) is 0 Å². The molecule has 0 amide bonds. The summed E-state index contributed by atoms with van der Waals surface area (Å²) in [5.74, 6) is 0. The maximum absolute atomic E-state index is 8.98. The van der Waals surface area contributed by atoms with Gasteiger partial charge in [-0.25, -0.2) is 0 Å². The highest BCUT2D eigenvalue weighted by atomic mass is 28.5. The lowest BCUT2D eigenvalue weighted by molar-refractivity contribution is 0.123. The van der Waals surface area contributed by atoms with Crippen molar-refractivity contribution in [1.82, 2.24) is 5.32 Å². The molecule has 0 aliphatic heterocycles. The van der Waals surface area contributed by atoms with Crippen LogP contribution in [0.1, 0.15) is 12.8 Å². The molecule has 0 spiro atoms. The summed E-state index contributed by atoms with van der Waals surface area (Å²) in [6, 6.07) is 96.4. The van der Waals surface area contributed by atoms with E-state index in [4.69, 9.17) is 38.6 Å². The number of rotatable bonds is 30. The van der Waals surface area contributed by atoms with Gasteiger partial charge in [0.1, 0.15) is 0 Å². The SMILES string of the molecule is CO[Si](CCCNCCC[Si](OC)(OC)O[Si](O[Si](O[Si](O[Si](c1ccccc1)(c1ccccc1)c1ccccc1)(c1ccccc1)c1ccccc1)(c1ccccc1)c1ccccc1)(c1ccccc1)c1ccccc1)(OC)OC. The molecule has 0 aliphatic carbocycles. The molecule has 0 radical (unpaired) electrons. The zero-order valence-electron chi connectivity index (χ0n) is 46.9. The molecule has 9 rings (SSSR count). The average Bonchev–Trinajstić information content (AvgIpc) is 3.01. The van der Waals surface area contributed by atoms with Gasteiger partial charge in [0.2, 0.25) is 0 Å². The Morgan fingerprint density at radius 1 is 0.247 bits per heavy atom. The average molecular weight is 1180 g/mol. The third-order valence-corrected chi connectivity index (χ3v) is 39.3. The van der Waals surface area contributed by atoms with Crippen LogP contribution in [0.5, 0.6) is 0 Å². The quantitative estimate of drug-likeness (QED) is 0.0289. The second-order valence-electron chi connectivity index (χ2n) is 19.6. The number of hydrogen-bond donors (Lipinski definition) is 1. The minimum atomic E-state index is -4.39. The van der Waals surface area contributed by atoms with Crippen LogP contribution in [0.2, 0.25) is 12.1 Å². The van der Waals surface area contributed by atoms with Crippen LogP contribution in [0.25, 0.3) is 0 Å². The fourth-order valence-electron chi connectivity index (χ4n) is 10.7. The Balaban J connectivity index is 1.31. The molecule has 416 valence electrons. The highest BCUT2D eigenvalue weighted by Gasteiger charge is 2.64. The molecule has 0 aromatic heterocycles. The number of hydrogen-bond acceptors (Lipinski definition) is 10. The van der Waals surface area contributed by atoms with Gasteiger partial charge in [0, 0.05) is 47.6 Å². The molecule has 0 bridgehead atoms. The van der Waals surface area contributed by atoms with E-state index in [-0.39, 0.29) is 0 Å². The maximum Gasteiger partial charge on any atom is 0.500 e. The van der Waals surface area contributed by atoms with Crippen molar-refractivity contribution in [3.05, 3.63) is 273 Å². The van der Waals surface area contributed by atoms with Crippen LogP contribution < -0.4 is 52.0 Å². The summed E-state index contributed by atoms with van der Waals surface area (Å²) >= 11 is 0. The monoisotopic (exact) mass is 1180 g/mol. The van der Waals surface area contributed by atoms with Crippen molar-refractivity contribution in [1.29, 1.82) is 0 Å². The zero-order chi connectivity index (χ0) is 56.3. The van der Waals surface area contributed by atoms with Crippen molar-refractivity contribution in [2.75, 3.05) is 48.6 Å². The highest BCUT2D eigenvalue weighted by molar-refractivity contribution is 7.16. The second kappa shape index (κ2) is 28.2. The van der Waals surface area contributed by atoms with Gasteiger partial charge in [0.05, 0.1) is 0 Å². The van der Waals surface area contributed by atoms with Gasteiger partial charge in [-0.2, -0.15) is 0 Å². The molecule has 0 saturated heterocycles. The molecule has 9 aromatic rings. The fraction of sp³-hybridized carbons (Fsp3) is 0.169. The topological polar surface area (TPSA) is 95.1 Å². The Bertz CT molecular complexity index is 3010. The maximum atomic E-state index is 8.98. The van der Waals surface area contributed by atoms with E-state index in [2.05, 4.69) is 254 Å². The Hall–Kier alpha value is -6.12. The first-order valence-electron chi connectivity index (χ1n) is 27.6. The molecular formula is C65H73NO9Si6. The van der Waals surface area contributed by atoms with Crippen molar-refractivity contribution in [2.24, 2.45) is 0 Å². The van der Waals surface area contributed by atoms with Crippen molar-refractivity contribution < 1.29 is 38.6 Å². The molecule has 0 fully saturated rings. The molecule has 0 saturated carbocycles. The molecule has 9 aromatic carbocycles. The first kappa shape index (κ1) is 59.5. The third-order valence-electron chi connectivity index (χ3n) is 14.9. The van der Waals surface area contributed by atoms with E-state index in [9.17, 15) is 0 Å². The van der Waals surface area contributed by atoms with E-state index in [0.717, 1.165) is 59.6 Å². The smallest absolute Gasteiger partial charge is 0.419 e. The molecule has 0 aliphatic rings. The number of nitrogens with one attached hydrogen (secondary N) is 1. The lowest BCUT2D eigenvalue weighted by atomic mass is 10.3. The minimum absolute atomic E-state index is 0.485. The second-order valence-corrected chi connectivity index (χ2v) is 38.9. The van der Waals surface area contributed by atoms with E-state index in [0.29, 0.717) is 25.1 Å². The zero-order valence-corrected chi connectivity index (χ0v) is 52.9. The fourth-order valence-corrected chi connectivity index (χ4v) is 37.9. The Kier molecular flexibility index (Phi) is 20.7. The van der Waals surface area contributed by atoms with Gasteiger partial charge in [-0.05, 0) is 72.6 Å². The van der Waals surface area contributed by atoms with Crippen molar-refractivity contribution in [3.8, 4) is 0 Å². The number of benzene rings is 9. The standard InChI is InChI=1S/C65H73NO9Si6/c1-67-76(68-2,69-3)55-33-53-66-54-34-56-77(70-4,71-5)72-79(60-41-21-9-22-42-60,61-43-23-10-24-44-61)74-81(64-49-29-13-30-50-64,65-51-31-14-32-52-65)75-80(62-45-25-11-26-46-62,63-47-27-12-28-48-63)73-78(57-35-15-6-16-36-57,58-37-17-7-18-38-58)59-39-19-8-20-40-59/h6-32,35-52,66H,33-34,53-56H2,1-5H3. The van der Waals surface area contributed by atoms with Gasteiger partial charge in [0.25, 0.3) is 8.32 Å². The largest absolute Gasteiger partial charge is 0.500 e. The van der Waals surface area contributed by atoms with Gasteiger partial charge < -0.3 is 43.9 Å². The normalized spacial score (nSPS) is 12.6. The predicted octanol–water partition coefficient (Wildman–Crippen LogP) is 6.97. The van der Waals surface area contributed by atoms with E-state index in [1.54, 1.807) is 35.5 Å². The van der Waals surface area contributed by atoms with Crippen LogP contribution in [0.15, 0.2) is 273 Å². The predicted molar refractivity (Wildman–Crippen MR) is 340 cm³/mol. The molecule has 10 nitrogen and oxygen atoms in total. The van der Waals surface area contributed by atoms with Crippen LogP contribution in [0, 0.1) is 0 Å². The van der Waals surface area contributed by atoms with Gasteiger partial charge >= 0.3 is 43.3 Å². The molecule has 0 heterocycles. The summed E-state index contributed by atoms with van der Waals surface area (Å²) in [5, 5.41) is 12.2. The minimum Gasteiger partial charge on any atom is -0.419 e. The molecular weight excluding hydrogens is 1110 g/mol. The van der Waals surface area contributed by atoms with Crippen LogP contribution in [0.4, 0.5) is 0 Å². The van der Waals surface area contributed by atoms with Crippen LogP contribution in [-0.2, 0) is 38.6 Å². The van der Waals surface area contributed by atoms with Gasteiger partial charge in [-0.1, -0.05) is 273 Å². The summed E-state index contributed by atoms with van der Waals surface area (Å²) in [5.41, 5.74) is 0. The van der Waals surface area contributed by atoms with Crippen molar-refractivity contribution >= 4 is 98.3 Å². The van der Waals surface area contributed by atoms with Crippen molar-refractivity contribution in [3.63, 3.8) is 0 Å². The Morgan fingerprint density at radius 3 is 0.704 bits per heavy atom. The summed E-state index contributed by atoms with van der Waals surface area (Å²) in [4.78, 5) is 0. The summed E-state index contributed by atoms with van der Waals surface area (Å²) in [6.07, 6.45) is 1.51. The Labute approximate surface area is 485 Å². The van der Waals surface area contributed by atoms with Crippen LogP contribution in [-0.4, -0.2) is 100 Å². The first-order valence-corrected chi connectivity index (χ1v) is 38.8. The van der Waals surface area contributed by atoms with E-state index in [1.807, 2.05) is 24.3 Å². The lowest BCUT2D eigenvalue weighted by Crippen LogP contribution is -2.84. The molecule has 0 atom stereocenters. The first-order chi connectivity index (χ1) is 39.8. The summed E-state index contributed by atoms with van der Waals surface area (Å²) in [7, 11) is -14.6. The van der Waals surface area contributed by atoms with Gasteiger partial charge in [-0.15, -0.1) is 0 Å². The van der Waals surface area contributed by atoms with Crippen molar-refractivity contribution in [2.45, 2.75) is 24.9 Å². The van der Waals surface area contributed by atoms with E-state index in [1.165, 1.54) is 0 Å².